The van der Waals surface area contributed by atoms with Crippen molar-refractivity contribution in [3.8, 4) is 11.1 Å². The lowest BCUT2D eigenvalue weighted by molar-refractivity contribution is -0.0902. The summed E-state index contributed by atoms with van der Waals surface area (Å²) in [7, 11) is -1.78. The lowest BCUT2D eigenvalue weighted by Crippen LogP contribution is -2.60. The highest BCUT2D eigenvalue weighted by Crippen LogP contribution is 2.46. The van der Waals surface area contributed by atoms with E-state index >= 15 is 0 Å². The van der Waals surface area contributed by atoms with Gasteiger partial charge in [-0.2, -0.15) is 0 Å². The number of aliphatic hydroxyl groups is 1. The largest absolute Gasteiger partial charge is 0.448 e. The number of nitrogens with zero attached hydrogens (tertiary/aromatic N) is 1. The van der Waals surface area contributed by atoms with E-state index in [2.05, 4.69) is 82.4 Å². The van der Waals surface area contributed by atoms with E-state index in [0.717, 1.165) is 32.1 Å². The molecule has 1 amide bonds. The second kappa shape index (κ2) is 10.4. The van der Waals surface area contributed by atoms with Crippen molar-refractivity contribution in [3.63, 3.8) is 0 Å². The molecule has 1 aliphatic carbocycles. The van der Waals surface area contributed by atoms with E-state index in [4.69, 9.17) is 9.16 Å². The van der Waals surface area contributed by atoms with Crippen LogP contribution in [0.2, 0.25) is 18.1 Å². The zero-order valence-corrected chi connectivity index (χ0v) is 24.8. The number of hydrogen-bond donors (Lipinski definition) is 1. The summed E-state index contributed by atoms with van der Waals surface area (Å²) in [4.78, 5) is 15.4. The van der Waals surface area contributed by atoms with Crippen LogP contribution < -0.4 is 0 Å². The summed E-state index contributed by atoms with van der Waals surface area (Å²) in [5, 5.41) is 11.8. The number of benzene rings is 2. The maximum atomic E-state index is 13.5. The third kappa shape index (κ3) is 5.32. The van der Waals surface area contributed by atoms with Crippen LogP contribution in [0.25, 0.3) is 11.1 Å². The van der Waals surface area contributed by atoms with Crippen LogP contribution >= 0.6 is 0 Å². The predicted octanol–water partition coefficient (Wildman–Crippen LogP) is 7.49. The topological polar surface area (TPSA) is 59.0 Å². The molecule has 38 heavy (non-hydrogen) atoms. The molecule has 2 atom stereocenters. The van der Waals surface area contributed by atoms with E-state index < -0.39 is 13.9 Å². The summed E-state index contributed by atoms with van der Waals surface area (Å²) in [6.07, 6.45) is 5.60. The van der Waals surface area contributed by atoms with E-state index in [1.165, 1.54) is 22.3 Å². The van der Waals surface area contributed by atoms with Crippen molar-refractivity contribution in [2.75, 3.05) is 13.2 Å². The average molecular weight is 536 g/mol. The molecule has 1 N–H and O–H groups in total. The van der Waals surface area contributed by atoms with Crippen LogP contribution in [0.15, 0.2) is 48.5 Å². The Hall–Kier alpha value is -2.15. The maximum Gasteiger partial charge on any atom is 0.410 e. The number of hydrogen-bond acceptors (Lipinski definition) is 4. The number of ether oxygens (including phenoxy) is 1. The van der Waals surface area contributed by atoms with Crippen molar-refractivity contribution in [2.24, 2.45) is 0 Å². The molecule has 2 heterocycles. The highest BCUT2D eigenvalue weighted by molar-refractivity contribution is 6.74. The second-order valence-electron chi connectivity index (χ2n) is 13.3. The van der Waals surface area contributed by atoms with Crippen LogP contribution in [-0.2, 0) is 9.16 Å². The molecule has 3 aliphatic rings. The first kappa shape index (κ1) is 27.4. The molecule has 2 saturated heterocycles. The van der Waals surface area contributed by atoms with Gasteiger partial charge in [0.15, 0.2) is 8.32 Å². The molecule has 2 aliphatic heterocycles. The number of fused-ring (bicyclic) bond motifs is 5. The molecule has 2 bridgehead atoms. The molecule has 206 valence electrons. The maximum absolute atomic E-state index is 13.5. The van der Waals surface area contributed by atoms with Crippen LogP contribution in [0.4, 0.5) is 4.79 Å². The number of rotatable bonds is 7. The third-order valence-electron chi connectivity index (χ3n) is 9.70. The smallest absolute Gasteiger partial charge is 0.410 e. The molecule has 2 fully saturated rings. The van der Waals surface area contributed by atoms with Gasteiger partial charge in [-0.05, 0) is 85.3 Å². The molecule has 0 spiro atoms. The fourth-order valence-electron chi connectivity index (χ4n) is 6.64. The molecule has 0 radical (unpaired) electrons. The molecular formula is C32H45NO4Si. The minimum atomic E-state index is -1.78. The van der Waals surface area contributed by atoms with Gasteiger partial charge in [-0.25, -0.2) is 4.79 Å². The zero-order valence-electron chi connectivity index (χ0n) is 23.8. The minimum absolute atomic E-state index is 0.0458. The van der Waals surface area contributed by atoms with Crippen molar-refractivity contribution < 1.29 is 19.1 Å². The number of carbonyl (C=O) groups is 1. The fraction of sp³-hybridized carbons (Fsp3) is 0.594. The molecule has 2 aromatic carbocycles. The monoisotopic (exact) mass is 535 g/mol. The van der Waals surface area contributed by atoms with Gasteiger partial charge < -0.3 is 19.2 Å². The molecule has 5 rings (SSSR count). The first-order valence-corrected chi connectivity index (χ1v) is 17.4. The first-order valence-electron chi connectivity index (χ1n) is 14.5. The summed E-state index contributed by atoms with van der Waals surface area (Å²) in [6.45, 7) is 12.4. The predicted molar refractivity (Wildman–Crippen MR) is 155 cm³/mol. The van der Waals surface area contributed by atoms with Crippen LogP contribution in [-0.4, -0.2) is 55.3 Å². The van der Waals surface area contributed by atoms with Gasteiger partial charge in [-0.1, -0.05) is 69.3 Å². The highest BCUT2D eigenvalue weighted by Gasteiger charge is 2.48. The fourth-order valence-corrected chi connectivity index (χ4v) is 7.73. The highest BCUT2D eigenvalue weighted by atomic mass is 28.4. The molecular weight excluding hydrogens is 490 g/mol. The van der Waals surface area contributed by atoms with Gasteiger partial charge in [0.25, 0.3) is 0 Å². The van der Waals surface area contributed by atoms with Crippen LogP contribution in [0.3, 0.4) is 0 Å². The Labute approximate surface area is 229 Å². The summed E-state index contributed by atoms with van der Waals surface area (Å²) in [6, 6.07) is 17.0. The van der Waals surface area contributed by atoms with Crippen molar-refractivity contribution in [1.29, 1.82) is 0 Å². The van der Waals surface area contributed by atoms with Gasteiger partial charge in [0.1, 0.15) is 6.61 Å². The van der Waals surface area contributed by atoms with Crippen molar-refractivity contribution in [3.05, 3.63) is 59.7 Å². The van der Waals surface area contributed by atoms with Gasteiger partial charge in [0, 0.05) is 24.6 Å². The average Bonchev–Trinajstić information content (AvgIpc) is 3.18. The number of piperidine rings is 2. The van der Waals surface area contributed by atoms with Crippen molar-refractivity contribution >= 4 is 14.4 Å². The summed E-state index contributed by atoms with van der Waals surface area (Å²) in [5.41, 5.74) is 4.21. The van der Waals surface area contributed by atoms with Gasteiger partial charge in [0.05, 0.1) is 5.60 Å². The molecule has 2 unspecified atom stereocenters. The quantitative estimate of drug-likeness (QED) is 0.295. The molecule has 5 nitrogen and oxygen atoms in total. The summed E-state index contributed by atoms with van der Waals surface area (Å²) < 4.78 is 12.4. The first-order chi connectivity index (χ1) is 18.0. The lowest BCUT2D eigenvalue weighted by Gasteiger charge is -2.51. The standard InChI is InChI=1S/C32H45NO4Si/c1-31(2,3)38(4,5)37-19-11-18-32(35)20-23-12-10-13-24(21-32)33(23)30(34)36-22-29-27-16-8-6-14-25(27)26-15-7-9-17-28(26)29/h6-9,14-17,23-24,29,35H,10-13,18-22H2,1-5H3. The lowest BCUT2D eigenvalue weighted by atomic mass is 9.74. The van der Waals surface area contributed by atoms with E-state index in [1.54, 1.807) is 0 Å². The van der Waals surface area contributed by atoms with Crippen molar-refractivity contribution in [2.45, 2.75) is 107 Å². The van der Waals surface area contributed by atoms with Crippen LogP contribution in [0.1, 0.15) is 82.8 Å². The Kier molecular flexibility index (Phi) is 7.53. The number of amides is 1. The Morgan fingerprint density at radius 2 is 1.55 bits per heavy atom. The third-order valence-corrected chi connectivity index (χ3v) is 14.2. The minimum Gasteiger partial charge on any atom is -0.448 e. The van der Waals surface area contributed by atoms with E-state index in [-0.39, 0.29) is 29.1 Å². The second-order valence-corrected chi connectivity index (χ2v) is 18.1. The molecule has 2 aromatic rings. The Bertz CT molecular complexity index is 1100. The van der Waals surface area contributed by atoms with Gasteiger partial charge in [0.2, 0.25) is 0 Å². The van der Waals surface area contributed by atoms with E-state index in [1.807, 2.05) is 4.90 Å². The molecule has 0 aromatic heterocycles. The Morgan fingerprint density at radius 3 is 2.11 bits per heavy atom. The van der Waals surface area contributed by atoms with Gasteiger partial charge in [-0.15, -0.1) is 0 Å². The van der Waals surface area contributed by atoms with Crippen LogP contribution in [0.5, 0.6) is 0 Å². The zero-order chi connectivity index (χ0) is 27.1. The molecule has 6 heteroatoms. The summed E-state index contributed by atoms with van der Waals surface area (Å²) in [5.74, 6) is 0.0637. The van der Waals surface area contributed by atoms with Gasteiger partial charge in [-0.3, -0.25) is 0 Å². The normalized spacial score (nSPS) is 25.2. The molecule has 0 saturated carbocycles. The summed E-state index contributed by atoms with van der Waals surface area (Å²) >= 11 is 0. The van der Waals surface area contributed by atoms with Gasteiger partial charge >= 0.3 is 6.09 Å². The Balaban J connectivity index is 1.19. The van der Waals surface area contributed by atoms with E-state index in [9.17, 15) is 9.90 Å². The Morgan fingerprint density at radius 1 is 1.00 bits per heavy atom. The number of carbonyl (C=O) groups excluding carboxylic acids is 1. The van der Waals surface area contributed by atoms with Crippen LogP contribution in [0, 0.1) is 0 Å². The van der Waals surface area contributed by atoms with E-state index in [0.29, 0.717) is 26.1 Å². The van der Waals surface area contributed by atoms with Crippen molar-refractivity contribution in [1.82, 2.24) is 4.90 Å². The SMILES string of the molecule is CC(C)(C)[Si](C)(C)OCCCC1(O)CC2CCCC(C1)N2C(=O)OCC1c2ccccc2-c2ccccc21.